The predicted octanol–water partition coefficient (Wildman–Crippen LogP) is 6.09. The van der Waals surface area contributed by atoms with Gasteiger partial charge < -0.3 is 4.79 Å². The van der Waals surface area contributed by atoms with Crippen molar-refractivity contribution in [3.63, 3.8) is 0 Å². The average Bonchev–Trinajstić information content (AvgIpc) is 2.78. The van der Waals surface area contributed by atoms with Gasteiger partial charge in [-0.2, -0.15) is 5.26 Å². The van der Waals surface area contributed by atoms with Gasteiger partial charge in [-0.1, -0.05) is 47.6 Å². The van der Waals surface area contributed by atoms with Gasteiger partial charge >= 0.3 is 0 Å². The van der Waals surface area contributed by atoms with E-state index in [4.69, 9.17) is 0 Å². The number of aldehydes is 1. The van der Waals surface area contributed by atoms with Crippen LogP contribution in [0.3, 0.4) is 0 Å². The molecule has 0 aromatic heterocycles. The van der Waals surface area contributed by atoms with E-state index < -0.39 is 5.41 Å². The Balaban J connectivity index is 1.64. The standard InChI is InChI=1S/C30H41NO3/c1-18-7-10-30(17-32)12-11-29(6)24(20(30)13-18)21(33)14-23-27(4)15-19(16-31)25(34)26(2,3)22(27)8-9-28(23,29)5/h15,17-18,20,22-24H,7-14H2,1-6H3/t18-,20?,22-,23+,24?,27-,28+,29+,30+/m0/s1. The summed E-state index contributed by atoms with van der Waals surface area (Å²) < 4.78 is 0. The molecule has 0 amide bonds. The highest BCUT2D eigenvalue weighted by Crippen LogP contribution is 2.75. The predicted molar refractivity (Wildman–Crippen MR) is 130 cm³/mol. The van der Waals surface area contributed by atoms with Gasteiger partial charge in [-0.3, -0.25) is 9.59 Å². The molecule has 184 valence electrons. The second-order valence-corrected chi connectivity index (χ2v) is 14.1. The fourth-order valence-corrected chi connectivity index (χ4v) is 10.4. The number of hydrogen-bond acceptors (Lipinski definition) is 4. The van der Waals surface area contributed by atoms with Crippen LogP contribution >= 0.6 is 0 Å². The van der Waals surface area contributed by atoms with Gasteiger partial charge in [0, 0.05) is 23.2 Å². The molecule has 0 bridgehead atoms. The van der Waals surface area contributed by atoms with Crippen molar-refractivity contribution in [2.75, 3.05) is 0 Å². The summed E-state index contributed by atoms with van der Waals surface area (Å²) in [5.41, 5.74) is -1.25. The summed E-state index contributed by atoms with van der Waals surface area (Å²) in [6.07, 6.45) is 10.4. The Morgan fingerprint density at radius 1 is 0.971 bits per heavy atom. The van der Waals surface area contributed by atoms with E-state index >= 15 is 0 Å². The van der Waals surface area contributed by atoms with E-state index in [1.165, 1.54) is 6.29 Å². The largest absolute Gasteiger partial charge is 0.303 e. The number of ketones is 2. The van der Waals surface area contributed by atoms with Crippen LogP contribution in [0.2, 0.25) is 0 Å². The van der Waals surface area contributed by atoms with Crippen molar-refractivity contribution < 1.29 is 14.4 Å². The molecule has 4 heteroatoms. The molecule has 0 heterocycles. The van der Waals surface area contributed by atoms with Crippen molar-refractivity contribution in [3.05, 3.63) is 11.6 Å². The molecule has 0 aliphatic heterocycles. The number of rotatable bonds is 1. The van der Waals surface area contributed by atoms with E-state index in [1.807, 2.05) is 19.9 Å². The lowest BCUT2D eigenvalue weighted by molar-refractivity contribution is -0.217. The summed E-state index contributed by atoms with van der Waals surface area (Å²) in [7, 11) is 0. The smallest absolute Gasteiger partial charge is 0.178 e. The lowest BCUT2D eigenvalue weighted by Gasteiger charge is -2.71. The molecular weight excluding hydrogens is 422 g/mol. The first kappa shape index (κ1) is 24.0. The Morgan fingerprint density at radius 3 is 2.32 bits per heavy atom. The second kappa shape index (κ2) is 7.14. The van der Waals surface area contributed by atoms with Crippen LogP contribution in [0, 0.1) is 68.0 Å². The minimum absolute atomic E-state index is 0.0445. The molecule has 9 atom stereocenters. The first-order valence-corrected chi connectivity index (χ1v) is 13.5. The second-order valence-electron chi connectivity index (χ2n) is 14.1. The third-order valence-corrected chi connectivity index (χ3v) is 12.5. The molecule has 4 saturated carbocycles. The Hall–Kier alpha value is -1.76. The quantitative estimate of drug-likeness (QED) is 0.441. The highest BCUT2D eigenvalue weighted by atomic mass is 16.1. The molecule has 0 N–H and O–H groups in total. The number of hydrogen-bond donors (Lipinski definition) is 0. The van der Waals surface area contributed by atoms with Crippen molar-refractivity contribution in [1.29, 1.82) is 5.26 Å². The summed E-state index contributed by atoms with van der Waals surface area (Å²) in [6.45, 7) is 13.3. The first-order valence-electron chi connectivity index (χ1n) is 13.5. The zero-order valence-electron chi connectivity index (χ0n) is 21.9. The van der Waals surface area contributed by atoms with Crippen LogP contribution in [0.15, 0.2) is 11.6 Å². The van der Waals surface area contributed by atoms with E-state index in [0.717, 1.165) is 44.9 Å². The maximum atomic E-state index is 14.2. The lowest BCUT2D eigenvalue weighted by Crippen LogP contribution is -2.68. The number of Topliss-reactive ketones (excluding diaryl/α,β-unsaturated/α-hetero) is 2. The van der Waals surface area contributed by atoms with E-state index in [-0.39, 0.29) is 56.7 Å². The molecule has 0 saturated heterocycles. The van der Waals surface area contributed by atoms with Crippen LogP contribution in [-0.2, 0) is 14.4 Å². The monoisotopic (exact) mass is 463 g/mol. The molecule has 5 aliphatic rings. The fourth-order valence-electron chi connectivity index (χ4n) is 10.4. The summed E-state index contributed by atoms with van der Waals surface area (Å²) in [5.74, 6) is 1.16. The molecular formula is C30H41NO3. The fraction of sp³-hybridized carbons (Fsp3) is 0.800. The minimum Gasteiger partial charge on any atom is -0.303 e. The highest BCUT2D eigenvalue weighted by molar-refractivity contribution is 6.04. The molecule has 0 aromatic carbocycles. The Labute approximate surface area is 204 Å². The third kappa shape index (κ3) is 2.68. The van der Waals surface area contributed by atoms with Crippen LogP contribution in [-0.4, -0.2) is 17.9 Å². The van der Waals surface area contributed by atoms with Crippen molar-refractivity contribution in [2.24, 2.45) is 56.7 Å². The van der Waals surface area contributed by atoms with Crippen LogP contribution in [0.1, 0.15) is 92.9 Å². The van der Waals surface area contributed by atoms with Gasteiger partial charge in [0.2, 0.25) is 0 Å². The Morgan fingerprint density at radius 2 is 1.68 bits per heavy atom. The molecule has 5 rings (SSSR count). The molecule has 4 nitrogen and oxygen atoms in total. The number of fused-ring (bicyclic) bond motifs is 7. The maximum absolute atomic E-state index is 14.2. The van der Waals surface area contributed by atoms with Gasteiger partial charge in [0.1, 0.15) is 18.1 Å². The van der Waals surface area contributed by atoms with Crippen molar-refractivity contribution in [3.8, 4) is 6.07 Å². The number of allylic oxidation sites excluding steroid dienone is 2. The number of nitriles is 1. The third-order valence-electron chi connectivity index (χ3n) is 12.5. The van der Waals surface area contributed by atoms with Gasteiger partial charge in [0.05, 0.1) is 5.57 Å². The number of nitrogens with zero attached hydrogens (tertiary/aromatic N) is 1. The van der Waals surface area contributed by atoms with Crippen LogP contribution in [0.25, 0.3) is 0 Å². The van der Waals surface area contributed by atoms with Crippen molar-refractivity contribution in [2.45, 2.75) is 92.9 Å². The average molecular weight is 464 g/mol. The molecule has 2 unspecified atom stereocenters. The minimum atomic E-state index is -0.602. The van der Waals surface area contributed by atoms with E-state index in [2.05, 4.69) is 33.8 Å². The number of carbonyl (C=O) groups is 3. The van der Waals surface area contributed by atoms with Crippen molar-refractivity contribution in [1.82, 2.24) is 0 Å². The van der Waals surface area contributed by atoms with Gasteiger partial charge in [-0.15, -0.1) is 0 Å². The van der Waals surface area contributed by atoms with Crippen LogP contribution in [0.5, 0.6) is 0 Å². The molecule has 0 spiro atoms. The first-order chi connectivity index (χ1) is 15.8. The summed E-state index contributed by atoms with van der Waals surface area (Å²) in [6, 6.07) is 2.20. The zero-order chi connectivity index (χ0) is 24.9. The Bertz CT molecular complexity index is 1030. The number of carbonyl (C=O) groups excluding carboxylic acids is 3. The lowest BCUT2D eigenvalue weighted by atomic mass is 9.32. The van der Waals surface area contributed by atoms with Crippen LogP contribution in [0.4, 0.5) is 0 Å². The normalized spacial score (nSPS) is 51.7. The zero-order valence-corrected chi connectivity index (χ0v) is 21.9. The Kier molecular flexibility index (Phi) is 5.03. The summed E-state index contributed by atoms with van der Waals surface area (Å²) in [4.78, 5) is 39.8. The van der Waals surface area contributed by atoms with Crippen LogP contribution < -0.4 is 0 Å². The van der Waals surface area contributed by atoms with E-state index in [0.29, 0.717) is 18.1 Å². The highest BCUT2D eigenvalue weighted by Gasteiger charge is 2.71. The van der Waals surface area contributed by atoms with Gasteiger partial charge in [0.15, 0.2) is 5.78 Å². The molecule has 0 aromatic rings. The molecule has 0 radical (unpaired) electrons. The van der Waals surface area contributed by atoms with Gasteiger partial charge in [-0.25, -0.2) is 0 Å². The molecule has 5 aliphatic carbocycles. The topological polar surface area (TPSA) is 75.0 Å². The summed E-state index contributed by atoms with van der Waals surface area (Å²) >= 11 is 0. The van der Waals surface area contributed by atoms with E-state index in [9.17, 15) is 19.6 Å². The van der Waals surface area contributed by atoms with Crippen molar-refractivity contribution >= 4 is 17.9 Å². The van der Waals surface area contributed by atoms with E-state index in [1.54, 1.807) is 0 Å². The summed E-state index contributed by atoms with van der Waals surface area (Å²) in [5, 5.41) is 9.82. The maximum Gasteiger partial charge on any atom is 0.178 e. The molecule has 34 heavy (non-hydrogen) atoms. The van der Waals surface area contributed by atoms with Gasteiger partial charge in [-0.05, 0) is 84.9 Å². The molecule has 4 fully saturated rings. The van der Waals surface area contributed by atoms with Gasteiger partial charge in [0.25, 0.3) is 0 Å². The SMILES string of the molecule is C[C@H]1CC[C@]2(C=O)CC[C@]3(C)C(C(=O)C[C@@H]4[C@@]5(C)C=C(C#N)C(=O)C(C)(C)[C@@H]5CC[C@]43C)C2C1.